The van der Waals surface area contributed by atoms with Gasteiger partial charge in [0.25, 0.3) is 5.91 Å². The molecule has 4 aromatic rings. The summed E-state index contributed by atoms with van der Waals surface area (Å²) in [6, 6.07) is 9.17. The summed E-state index contributed by atoms with van der Waals surface area (Å²) in [5.41, 5.74) is 1.95. The van der Waals surface area contributed by atoms with Gasteiger partial charge in [0.1, 0.15) is 11.4 Å². The average Bonchev–Trinajstić information content (AvgIpc) is 3.19. The molecule has 0 fully saturated rings. The van der Waals surface area contributed by atoms with Crippen LogP contribution in [0.25, 0.3) is 15.9 Å². The van der Waals surface area contributed by atoms with E-state index in [-0.39, 0.29) is 5.91 Å². The van der Waals surface area contributed by atoms with Crippen LogP contribution >= 0.6 is 11.3 Å². The number of carbonyl (C=O) groups is 1. The zero-order valence-corrected chi connectivity index (χ0v) is 13.0. The number of fused-ring (bicyclic) bond motifs is 2. The zero-order chi connectivity index (χ0) is 15.8. The van der Waals surface area contributed by atoms with E-state index >= 15 is 0 Å². The number of hydrogen-bond acceptors (Lipinski definition) is 5. The third kappa shape index (κ3) is 2.40. The Morgan fingerprint density at radius 2 is 2.22 bits per heavy atom. The monoisotopic (exact) mass is 324 g/mol. The van der Waals surface area contributed by atoms with Crippen molar-refractivity contribution >= 4 is 38.2 Å². The molecule has 114 valence electrons. The molecule has 0 aliphatic rings. The number of benzene rings is 1. The van der Waals surface area contributed by atoms with Gasteiger partial charge < -0.3 is 9.14 Å². The van der Waals surface area contributed by atoms with Gasteiger partial charge in [-0.2, -0.15) is 0 Å². The van der Waals surface area contributed by atoms with Gasteiger partial charge in [-0.05, 0) is 30.3 Å². The van der Waals surface area contributed by atoms with E-state index in [9.17, 15) is 4.79 Å². The van der Waals surface area contributed by atoms with Crippen LogP contribution in [0.1, 0.15) is 10.4 Å². The topological polar surface area (TPSA) is 68.5 Å². The molecule has 23 heavy (non-hydrogen) atoms. The number of nitrogens with zero attached hydrogens (tertiary/aromatic N) is 3. The first-order valence-electron chi connectivity index (χ1n) is 6.92. The number of amides is 1. The van der Waals surface area contributed by atoms with Crippen LogP contribution in [0.3, 0.4) is 0 Å². The van der Waals surface area contributed by atoms with Crippen molar-refractivity contribution in [1.82, 2.24) is 14.4 Å². The highest BCUT2D eigenvalue weighted by Crippen LogP contribution is 2.29. The van der Waals surface area contributed by atoms with Gasteiger partial charge >= 0.3 is 0 Å². The Bertz CT molecular complexity index is 1020. The minimum atomic E-state index is -0.229. The summed E-state index contributed by atoms with van der Waals surface area (Å²) in [5, 5.41) is 3.39. The summed E-state index contributed by atoms with van der Waals surface area (Å²) in [6.45, 7) is 0. The highest BCUT2D eigenvalue weighted by Gasteiger charge is 2.14. The maximum atomic E-state index is 12.5. The molecule has 3 aromatic heterocycles. The summed E-state index contributed by atoms with van der Waals surface area (Å²) < 4.78 is 7.96. The first-order valence-corrected chi connectivity index (χ1v) is 7.74. The van der Waals surface area contributed by atoms with E-state index in [1.165, 1.54) is 11.3 Å². The Morgan fingerprint density at radius 3 is 3.09 bits per heavy atom. The highest BCUT2D eigenvalue weighted by atomic mass is 32.1. The lowest BCUT2D eigenvalue weighted by Gasteiger charge is -2.03. The fourth-order valence-electron chi connectivity index (χ4n) is 2.38. The lowest BCUT2D eigenvalue weighted by atomic mass is 10.2. The quantitative estimate of drug-likeness (QED) is 0.628. The number of aromatic nitrogens is 3. The van der Waals surface area contributed by atoms with E-state index < -0.39 is 0 Å². The Morgan fingerprint density at radius 1 is 1.30 bits per heavy atom. The second kappa shape index (κ2) is 5.36. The van der Waals surface area contributed by atoms with Gasteiger partial charge in [0, 0.05) is 18.6 Å². The molecule has 0 bridgehead atoms. The number of ether oxygens (including phenoxy) is 1. The van der Waals surface area contributed by atoms with Crippen LogP contribution in [-0.2, 0) is 0 Å². The molecular weight excluding hydrogens is 312 g/mol. The van der Waals surface area contributed by atoms with Gasteiger partial charge in [0.05, 0.1) is 22.9 Å². The van der Waals surface area contributed by atoms with Crippen molar-refractivity contribution in [3.63, 3.8) is 0 Å². The standard InChI is InChI=1S/C16H12N4O2S/c1-22-10-4-5-12-13(9-10)23-16(18-12)19-15(21)11-3-2-7-20-8-6-17-14(11)20/h2-9H,1H3,(H,18,19,21). The zero-order valence-electron chi connectivity index (χ0n) is 12.2. The Balaban J connectivity index is 1.67. The maximum absolute atomic E-state index is 12.5. The Hall–Kier alpha value is -2.93. The number of rotatable bonds is 3. The van der Waals surface area contributed by atoms with E-state index in [1.807, 2.05) is 30.5 Å². The molecule has 0 unspecified atom stereocenters. The number of imidazole rings is 1. The molecule has 3 heterocycles. The minimum Gasteiger partial charge on any atom is -0.497 e. The summed E-state index contributed by atoms with van der Waals surface area (Å²) in [7, 11) is 1.62. The Labute approximate surface area is 135 Å². The smallest absolute Gasteiger partial charge is 0.261 e. The molecule has 6 nitrogen and oxygen atoms in total. The molecule has 0 radical (unpaired) electrons. The summed E-state index contributed by atoms with van der Waals surface area (Å²) in [5.74, 6) is 0.536. The third-order valence-electron chi connectivity index (χ3n) is 3.48. The van der Waals surface area contributed by atoms with Crippen LogP contribution in [-0.4, -0.2) is 27.4 Å². The maximum Gasteiger partial charge on any atom is 0.261 e. The largest absolute Gasteiger partial charge is 0.497 e. The van der Waals surface area contributed by atoms with Crippen molar-refractivity contribution in [1.29, 1.82) is 0 Å². The van der Waals surface area contributed by atoms with Crippen molar-refractivity contribution < 1.29 is 9.53 Å². The lowest BCUT2D eigenvalue weighted by molar-refractivity contribution is 0.102. The summed E-state index contributed by atoms with van der Waals surface area (Å²) in [4.78, 5) is 21.1. The van der Waals surface area contributed by atoms with Crippen molar-refractivity contribution in [2.45, 2.75) is 0 Å². The normalized spacial score (nSPS) is 11.0. The predicted molar refractivity (Wildman–Crippen MR) is 89.3 cm³/mol. The fourth-order valence-corrected chi connectivity index (χ4v) is 3.26. The van der Waals surface area contributed by atoms with Gasteiger partial charge in [-0.3, -0.25) is 10.1 Å². The van der Waals surface area contributed by atoms with E-state index in [4.69, 9.17) is 4.74 Å². The molecule has 0 spiro atoms. The molecule has 0 saturated carbocycles. The number of hydrogen-bond donors (Lipinski definition) is 1. The van der Waals surface area contributed by atoms with Gasteiger partial charge in [0.2, 0.25) is 0 Å². The number of pyridine rings is 1. The van der Waals surface area contributed by atoms with E-state index in [1.54, 1.807) is 30.0 Å². The van der Waals surface area contributed by atoms with Gasteiger partial charge in [-0.25, -0.2) is 9.97 Å². The molecule has 7 heteroatoms. The van der Waals surface area contributed by atoms with Crippen LogP contribution in [0.4, 0.5) is 5.13 Å². The van der Waals surface area contributed by atoms with Crippen molar-refractivity contribution in [3.05, 3.63) is 54.5 Å². The number of nitrogens with one attached hydrogen (secondary N) is 1. The average molecular weight is 324 g/mol. The van der Waals surface area contributed by atoms with Crippen LogP contribution in [0.2, 0.25) is 0 Å². The molecule has 1 aromatic carbocycles. The van der Waals surface area contributed by atoms with Crippen LogP contribution < -0.4 is 10.1 Å². The van der Waals surface area contributed by atoms with Crippen LogP contribution in [0.15, 0.2) is 48.9 Å². The molecular formula is C16H12N4O2S. The molecule has 0 atom stereocenters. The van der Waals surface area contributed by atoms with E-state index in [0.717, 1.165) is 16.0 Å². The second-order valence-electron chi connectivity index (χ2n) is 4.89. The summed E-state index contributed by atoms with van der Waals surface area (Å²) >= 11 is 1.41. The number of thiazole rings is 1. The molecule has 4 rings (SSSR count). The first-order chi connectivity index (χ1) is 11.2. The number of carbonyl (C=O) groups excluding carboxylic acids is 1. The van der Waals surface area contributed by atoms with Crippen molar-refractivity contribution in [2.24, 2.45) is 0 Å². The predicted octanol–water partition coefficient (Wildman–Crippen LogP) is 3.20. The van der Waals surface area contributed by atoms with Gasteiger partial charge in [-0.15, -0.1) is 0 Å². The summed E-state index contributed by atoms with van der Waals surface area (Å²) in [6.07, 6.45) is 5.31. The van der Waals surface area contributed by atoms with E-state index in [2.05, 4.69) is 15.3 Å². The van der Waals surface area contributed by atoms with Crippen LogP contribution in [0, 0.1) is 0 Å². The van der Waals surface area contributed by atoms with Gasteiger partial charge in [0.15, 0.2) is 5.13 Å². The third-order valence-corrected chi connectivity index (χ3v) is 4.41. The Kier molecular flexibility index (Phi) is 3.20. The molecule has 1 N–H and O–H groups in total. The first kappa shape index (κ1) is 13.7. The molecule has 0 aliphatic heterocycles. The molecule has 1 amide bonds. The lowest BCUT2D eigenvalue weighted by Crippen LogP contribution is -2.13. The molecule has 0 saturated heterocycles. The number of anilines is 1. The van der Waals surface area contributed by atoms with Crippen molar-refractivity contribution in [3.8, 4) is 5.75 Å². The fraction of sp³-hybridized carbons (Fsp3) is 0.0625. The molecule has 0 aliphatic carbocycles. The SMILES string of the molecule is COc1ccc2nc(NC(=O)c3cccn4ccnc34)sc2c1. The van der Waals surface area contributed by atoms with Crippen LogP contribution in [0.5, 0.6) is 5.75 Å². The van der Waals surface area contributed by atoms with Crippen molar-refractivity contribution in [2.75, 3.05) is 12.4 Å². The van der Waals surface area contributed by atoms with E-state index in [0.29, 0.717) is 16.3 Å². The second-order valence-corrected chi connectivity index (χ2v) is 5.92. The van der Waals surface area contributed by atoms with Gasteiger partial charge in [-0.1, -0.05) is 11.3 Å². The highest BCUT2D eigenvalue weighted by molar-refractivity contribution is 7.22. The number of methoxy groups -OCH3 is 1. The minimum absolute atomic E-state index is 0.229.